The molecule has 1 amide bonds. The Balaban J connectivity index is 1.48. The van der Waals surface area contributed by atoms with Crippen LogP contribution in [0.15, 0.2) is 67.0 Å². The number of hydrogen-bond donors (Lipinski definition) is 2. The number of rotatable bonds is 4. The van der Waals surface area contributed by atoms with Gasteiger partial charge in [-0.3, -0.25) is 9.89 Å². The van der Waals surface area contributed by atoms with Crippen LogP contribution in [0.2, 0.25) is 0 Å². The van der Waals surface area contributed by atoms with E-state index in [9.17, 15) is 4.79 Å². The Labute approximate surface area is 138 Å². The molecule has 4 aromatic rings. The van der Waals surface area contributed by atoms with E-state index in [-0.39, 0.29) is 5.91 Å². The Morgan fingerprint density at radius 2 is 1.96 bits per heavy atom. The lowest BCUT2D eigenvalue weighted by Crippen LogP contribution is -2.23. The number of pyridine rings is 1. The van der Waals surface area contributed by atoms with Gasteiger partial charge in [0.2, 0.25) is 0 Å². The molecule has 0 unspecified atom stereocenters. The predicted molar refractivity (Wildman–Crippen MR) is 90.4 cm³/mol. The lowest BCUT2D eigenvalue weighted by molar-refractivity contribution is 0.0946. The molecule has 0 aliphatic heterocycles. The maximum Gasteiger partial charge on any atom is 0.269 e. The van der Waals surface area contributed by atoms with E-state index in [0.29, 0.717) is 12.2 Å². The first-order chi connectivity index (χ1) is 11.8. The van der Waals surface area contributed by atoms with Crippen molar-refractivity contribution in [3.8, 4) is 11.3 Å². The van der Waals surface area contributed by atoms with E-state index in [1.807, 2.05) is 54.7 Å². The molecule has 0 fully saturated rings. The monoisotopic (exact) mass is 317 g/mol. The maximum atomic E-state index is 12.3. The van der Waals surface area contributed by atoms with Crippen molar-refractivity contribution in [1.82, 2.24) is 25.1 Å². The summed E-state index contributed by atoms with van der Waals surface area (Å²) in [5.41, 5.74) is 4.09. The zero-order chi connectivity index (χ0) is 16.4. The summed E-state index contributed by atoms with van der Waals surface area (Å²) in [6.07, 6.45) is 3.64. The molecule has 0 saturated carbocycles. The second-order valence-corrected chi connectivity index (χ2v) is 5.42. The highest BCUT2D eigenvalue weighted by atomic mass is 16.1. The van der Waals surface area contributed by atoms with Gasteiger partial charge in [-0.2, -0.15) is 10.2 Å². The zero-order valence-corrected chi connectivity index (χ0v) is 12.8. The fourth-order valence-electron chi connectivity index (χ4n) is 2.59. The van der Waals surface area contributed by atoms with Crippen LogP contribution in [-0.4, -0.2) is 25.7 Å². The number of aromatic nitrogens is 4. The van der Waals surface area contributed by atoms with E-state index < -0.39 is 0 Å². The summed E-state index contributed by atoms with van der Waals surface area (Å²) in [6.45, 7) is 0.409. The van der Waals surface area contributed by atoms with Gasteiger partial charge in [0.25, 0.3) is 5.91 Å². The first-order valence-corrected chi connectivity index (χ1v) is 7.61. The van der Waals surface area contributed by atoms with E-state index in [1.54, 1.807) is 16.8 Å². The van der Waals surface area contributed by atoms with Crippen LogP contribution in [0.1, 0.15) is 16.1 Å². The highest BCUT2D eigenvalue weighted by molar-refractivity contribution is 5.93. The molecule has 0 spiro atoms. The number of aromatic amines is 1. The molecule has 6 nitrogen and oxygen atoms in total. The van der Waals surface area contributed by atoms with E-state index >= 15 is 0 Å². The van der Waals surface area contributed by atoms with Crippen LogP contribution in [0.5, 0.6) is 0 Å². The number of hydrogen-bond acceptors (Lipinski definition) is 3. The Hall–Kier alpha value is -3.41. The number of nitrogens with one attached hydrogen (secondary N) is 2. The van der Waals surface area contributed by atoms with Crippen LogP contribution >= 0.6 is 0 Å². The number of benzene rings is 1. The maximum absolute atomic E-state index is 12.3. The minimum absolute atomic E-state index is 0.194. The average molecular weight is 317 g/mol. The molecular formula is C18H15N5O. The summed E-state index contributed by atoms with van der Waals surface area (Å²) >= 11 is 0. The SMILES string of the molecule is O=C(NCc1cnn2ccccc12)c1cc(-c2ccccc2)n[nH]1. The first kappa shape index (κ1) is 14.2. The van der Waals surface area contributed by atoms with E-state index in [0.717, 1.165) is 22.3 Å². The summed E-state index contributed by atoms with van der Waals surface area (Å²) in [5.74, 6) is -0.194. The third-order valence-electron chi connectivity index (χ3n) is 3.84. The van der Waals surface area contributed by atoms with Crippen molar-refractivity contribution in [2.45, 2.75) is 6.54 Å². The van der Waals surface area contributed by atoms with Gasteiger partial charge in [0.1, 0.15) is 5.69 Å². The molecule has 0 saturated heterocycles. The van der Waals surface area contributed by atoms with Crippen molar-refractivity contribution in [2.75, 3.05) is 0 Å². The van der Waals surface area contributed by atoms with Gasteiger partial charge < -0.3 is 5.32 Å². The number of carbonyl (C=O) groups excluding carboxylic acids is 1. The molecule has 0 bridgehead atoms. The van der Waals surface area contributed by atoms with Crippen molar-refractivity contribution < 1.29 is 4.79 Å². The fourth-order valence-corrected chi connectivity index (χ4v) is 2.59. The third kappa shape index (κ3) is 2.65. The van der Waals surface area contributed by atoms with Gasteiger partial charge in [0, 0.05) is 23.9 Å². The fraction of sp³-hybridized carbons (Fsp3) is 0.0556. The van der Waals surface area contributed by atoms with Crippen molar-refractivity contribution in [3.63, 3.8) is 0 Å². The summed E-state index contributed by atoms with van der Waals surface area (Å²) in [5, 5.41) is 14.1. The molecule has 3 aromatic heterocycles. The lowest BCUT2D eigenvalue weighted by Gasteiger charge is -2.02. The standard InChI is InChI=1S/C18H15N5O/c24-18(16-10-15(21-22-16)13-6-2-1-3-7-13)19-11-14-12-20-23-9-5-4-8-17(14)23/h1-10,12H,11H2,(H,19,24)(H,21,22). The van der Waals surface area contributed by atoms with Crippen LogP contribution in [-0.2, 0) is 6.54 Å². The van der Waals surface area contributed by atoms with Crippen LogP contribution < -0.4 is 5.32 Å². The van der Waals surface area contributed by atoms with Gasteiger partial charge >= 0.3 is 0 Å². The second kappa shape index (κ2) is 6.00. The van der Waals surface area contributed by atoms with Crippen molar-refractivity contribution in [2.24, 2.45) is 0 Å². The van der Waals surface area contributed by atoms with Gasteiger partial charge in [-0.25, -0.2) is 4.52 Å². The van der Waals surface area contributed by atoms with E-state index in [4.69, 9.17) is 0 Å². The molecule has 1 aromatic carbocycles. The minimum Gasteiger partial charge on any atom is -0.347 e. The summed E-state index contributed by atoms with van der Waals surface area (Å²) in [6, 6.07) is 17.3. The Kier molecular flexibility index (Phi) is 3.55. The summed E-state index contributed by atoms with van der Waals surface area (Å²) < 4.78 is 1.78. The quantitative estimate of drug-likeness (QED) is 0.607. The topological polar surface area (TPSA) is 75.1 Å². The molecule has 0 atom stereocenters. The molecule has 24 heavy (non-hydrogen) atoms. The molecule has 3 heterocycles. The number of amides is 1. The normalized spacial score (nSPS) is 10.8. The van der Waals surface area contributed by atoms with E-state index in [1.165, 1.54) is 0 Å². The lowest BCUT2D eigenvalue weighted by atomic mass is 10.1. The Morgan fingerprint density at radius 3 is 2.83 bits per heavy atom. The van der Waals surface area contributed by atoms with Gasteiger partial charge in [-0.1, -0.05) is 36.4 Å². The molecule has 0 radical (unpaired) electrons. The molecule has 0 aliphatic rings. The Bertz CT molecular complexity index is 987. The number of H-pyrrole nitrogens is 1. The number of fused-ring (bicyclic) bond motifs is 1. The highest BCUT2D eigenvalue weighted by Crippen LogP contribution is 2.17. The Morgan fingerprint density at radius 1 is 1.12 bits per heavy atom. The molecule has 118 valence electrons. The van der Waals surface area contributed by atoms with Gasteiger partial charge in [-0.15, -0.1) is 0 Å². The van der Waals surface area contributed by atoms with Crippen LogP contribution in [0.4, 0.5) is 0 Å². The van der Waals surface area contributed by atoms with Crippen molar-refractivity contribution >= 4 is 11.4 Å². The first-order valence-electron chi connectivity index (χ1n) is 7.61. The van der Waals surface area contributed by atoms with Crippen molar-refractivity contribution in [1.29, 1.82) is 0 Å². The summed E-state index contributed by atoms with van der Waals surface area (Å²) in [4.78, 5) is 12.3. The molecule has 0 aliphatic carbocycles. The number of carbonyl (C=O) groups is 1. The molecule has 6 heteroatoms. The van der Waals surface area contributed by atoms with Gasteiger partial charge in [0.05, 0.1) is 17.4 Å². The summed E-state index contributed by atoms with van der Waals surface area (Å²) in [7, 11) is 0. The van der Waals surface area contributed by atoms with Gasteiger partial charge in [0.15, 0.2) is 0 Å². The largest absolute Gasteiger partial charge is 0.347 e. The van der Waals surface area contributed by atoms with Gasteiger partial charge in [-0.05, 0) is 18.2 Å². The van der Waals surface area contributed by atoms with Crippen molar-refractivity contribution in [3.05, 3.63) is 78.2 Å². The van der Waals surface area contributed by atoms with Crippen LogP contribution in [0.3, 0.4) is 0 Å². The predicted octanol–water partition coefficient (Wildman–Crippen LogP) is 2.65. The smallest absolute Gasteiger partial charge is 0.269 e. The zero-order valence-electron chi connectivity index (χ0n) is 12.8. The third-order valence-corrected chi connectivity index (χ3v) is 3.84. The molecule has 4 rings (SSSR count). The number of nitrogens with zero attached hydrogens (tertiary/aromatic N) is 3. The minimum atomic E-state index is -0.194. The second-order valence-electron chi connectivity index (χ2n) is 5.42. The van der Waals surface area contributed by atoms with Crippen LogP contribution in [0, 0.1) is 0 Å². The molecule has 2 N–H and O–H groups in total. The van der Waals surface area contributed by atoms with Crippen LogP contribution in [0.25, 0.3) is 16.8 Å². The average Bonchev–Trinajstić information content (AvgIpc) is 3.28. The molecular weight excluding hydrogens is 302 g/mol. The van der Waals surface area contributed by atoms with E-state index in [2.05, 4.69) is 20.6 Å². The highest BCUT2D eigenvalue weighted by Gasteiger charge is 2.12.